The molecule has 0 bridgehead atoms. The molecule has 3 N–H and O–H groups in total. The molecule has 0 aliphatic carbocycles. The molecular formula is C22H17F4N7OS. The predicted octanol–water partition coefficient (Wildman–Crippen LogP) is 4.25. The summed E-state index contributed by atoms with van der Waals surface area (Å²) in [5, 5.41) is 7.14. The lowest BCUT2D eigenvalue weighted by atomic mass is 10.2. The van der Waals surface area contributed by atoms with E-state index in [9.17, 15) is 22.4 Å². The molecule has 3 aromatic heterocycles. The molecule has 0 aliphatic rings. The van der Waals surface area contributed by atoms with Crippen LogP contribution in [0.4, 0.5) is 23.2 Å². The molecule has 4 rings (SSSR count). The summed E-state index contributed by atoms with van der Waals surface area (Å²) in [7, 11) is 1.43. The van der Waals surface area contributed by atoms with Crippen molar-refractivity contribution < 1.29 is 22.4 Å². The van der Waals surface area contributed by atoms with Crippen LogP contribution in [-0.2, 0) is 19.8 Å². The van der Waals surface area contributed by atoms with E-state index in [1.807, 2.05) is 30.3 Å². The van der Waals surface area contributed by atoms with E-state index in [4.69, 9.17) is 5.73 Å². The number of pyridine rings is 1. The highest BCUT2D eigenvalue weighted by atomic mass is 32.1. The molecule has 180 valence electrons. The molecule has 0 saturated heterocycles. The first kappa shape index (κ1) is 24.0. The fourth-order valence-corrected chi connectivity index (χ4v) is 3.92. The Hall–Kier alpha value is -4.13. The van der Waals surface area contributed by atoms with E-state index >= 15 is 0 Å². The largest absolute Gasteiger partial charge is 0.434 e. The Morgan fingerprint density at radius 1 is 1.23 bits per heavy atom. The van der Waals surface area contributed by atoms with Crippen molar-refractivity contribution in [1.29, 1.82) is 0 Å². The predicted molar refractivity (Wildman–Crippen MR) is 122 cm³/mol. The van der Waals surface area contributed by atoms with Crippen LogP contribution in [0, 0.1) is 5.82 Å². The zero-order valence-corrected chi connectivity index (χ0v) is 18.9. The third-order valence-corrected chi connectivity index (χ3v) is 5.70. The normalized spacial score (nSPS) is 12.1. The Morgan fingerprint density at radius 2 is 1.97 bits per heavy atom. The van der Waals surface area contributed by atoms with Crippen molar-refractivity contribution in [2.24, 2.45) is 17.8 Å². The molecule has 0 radical (unpaired) electrons. The van der Waals surface area contributed by atoms with Crippen LogP contribution in [0.15, 0.2) is 59.2 Å². The third kappa shape index (κ3) is 5.35. The number of nitrogens with zero attached hydrogens (tertiary/aromatic N) is 5. The summed E-state index contributed by atoms with van der Waals surface area (Å²) in [5.74, 6) is -1.61. The minimum absolute atomic E-state index is 0.0352. The van der Waals surface area contributed by atoms with Gasteiger partial charge in [-0.2, -0.15) is 18.3 Å². The number of rotatable bonds is 6. The number of benzene rings is 1. The number of hydrogen-bond acceptors (Lipinski definition) is 6. The fraction of sp³-hybridized carbons (Fsp3) is 0.136. The summed E-state index contributed by atoms with van der Waals surface area (Å²) in [6, 6.07) is 10.5. The lowest BCUT2D eigenvalue weighted by Gasteiger charge is -2.10. The fourth-order valence-electron chi connectivity index (χ4n) is 3.09. The van der Waals surface area contributed by atoms with E-state index in [1.54, 1.807) is 0 Å². The van der Waals surface area contributed by atoms with Crippen molar-refractivity contribution in [1.82, 2.24) is 19.7 Å². The second-order valence-electron chi connectivity index (χ2n) is 7.26. The molecule has 13 heteroatoms. The molecule has 1 amide bonds. The van der Waals surface area contributed by atoms with Gasteiger partial charge in [0.15, 0.2) is 11.5 Å². The zero-order chi connectivity index (χ0) is 25.2. The van der Waals surface area contributed by atoms with Gasteiger partial charge in [-0.15, -0.1) is 11.3 Å². The Labute approximate surface area is 200 Å². The molecule has 0 fully saturated rings. The second-order valence-corrected chi connectivity index (χ2v) is 8.11. The maximum atomic E-state index is 14.4. The number of thiazole rings is 1. The van der Waals surface area contributed by atoms with Gasteiger partial charge in [-0.1, -0.05) is 30.3 Å². The smallest absolute Gasteiger partial charge is 0.382 e. The van der Waals surface area contributed by atoms with Gasteiger partial charge in [0.25, 0.3) is 5.91 Å². The highest BCUT2D eigenvalue weighted by molar-refractivity contribution is 7.13. The Morgan fingerprint density at radius 3 is 2.66 bits per heavy atom. The third-order valence-electron chi connectivity index (χ3n) is 4.82. The van der Waals surface area contributed by atoms with E-state index in [-0.39, 0.29) is 40.0 Å². The number of aliphatic imine (C=N–C) groups is 1. The van der Waals surface area contributed by atoms with Crippen molar-refractivity contribution in [3.8, 4) is 10.6 Å². The van der Waals surface area contributed by atoms with Crippen molar-refractivity contribution in [2.45, 2.75) is 12.7 Å². The van der Waals surface area contributed by atoms with Crippen LogP contribution in [0.1, 0.15) is 27.4 Å². The number of carbonyl (C=O) groups excluding carboxylic acids is 1. The summed E-state index contributed by atoms with van der Waals surface area (Å²) >= 11 is 0.713. The maximum Gasteiger partial charge on any atom is 0.434 e. The number of hydrogen-bond donors (Lipinski definition) is 2. The lowest BCUT2D eigenvalue weighted by Crippen LogP contribution is -2.20. The van der Waals surface area contributed by atoms with Gasteiger partial charge >= 0.3 is 6.18 Å². The van der Waals surface area contributed by atoms with Crippen molar-refractivity contribution in [3.05, 3.63) is 82.6 Å². The van der Waals surface area contributed by atoms with Crippen molar-refractivity contribution in [3.63, 3.8) is 0 Å². The first-order chi connectivity index (χ1) is 16.6. The first-order valence-electron chi connectivity index (χ1n) is 9.99. The van der Waals surface area contributed by atoms with Gasteiger partial charge in [0.05, 0.1) is 30.2 Å². The standard InChI is InChI=1S/C22H17F4N7OS/c1-33-18(13(9-30-33)21-32-17(11-35-21)22(24,25)26)20(34)31-15-7-16(28-10-14(15)23)19(27)29-8-12-5-3-2-4-6-12/h2-7,9-11H,8H2,1H3,(H2,27,29)(H,28,31,34). The van der Waals surface area contributed by atoms with Gasteiger partial charge in [0.1, 0.15) is 22.2 Å². The molecule has 4 aromatic rings. The zero-order valence-electron chi connectivity index (χ0n) is 18.0. The summed E-state index contributed by atoms with van der Waals surface area (Å²) in [6.45, 7) is 0.277. The van der Waals surface area contributed by atoms with Crippen LogP contribution in [0.5, 0.6) is 0 Å². The summed E-state index contributed by atoms with van der Waals surface area (Å²) in [4.78, 5) is 24.7. The number of halogens is 4. The molecule has 0 unspecified atom stereocenters. The molecule has 35 heavy (non-hydrogen) atoms. The second kappa shape index (κ2) is 9.62. The number of amides is 1. The monoisotopic (exact) mass is 503 g/mol. The summed E-state index contributed by atoms with van der Waals surface area (Å²) in [6.07, 6.45) is -2.52. The van der Waals surface area contributed by atoms with Crippen LogP contribution in [0.2, 0.25) is 0 Å². The molecular weight excluding hydrogens is 486 g/mol. The SMILES string of the molecule is Cn1ncc(-c2nc(C(F)(F)F)cs2)c1C(=O)Nc1cc(C(N)=NCc2ccccc2)ncc1F. The van der Waals surface area contributed by atoms with Crippen molar-refractivity contribution >= 4 is 28.8 Å². The summed E-state index contributed by atoms with van der Waals surface area (Å²) in [5.41, 5.74) is 5.69. The van der Waals surface area contributed by atoms with E-state index in [2.05, 4.69) is 25.4 Å². The molecule has 3 heterocycles. The van der Waals surface area contributed by atoms with Gasteiger partial charge in [-0.25, -0.2) is 14.4 Å². The summed E-state index contributed by atoms with van der Waals surface area (Å²) < 4.78 is 54.4. The van der Waals surface area contributed by atoms with Gasteiger partial charge in [-0.05, 0) is 11.6 Å². The van der Waals surface area contributed by atoms with Crippen molar-refractivity contribution in [2.75, 3.05) is 5.32 Å². The molecule has 0 aliphatic heterocycles. The first-order valence-corrected chi connectivity index (χ1v) is 10.9. The van der Waals surface area contributed by atoms with Gasteiger partial charge < -0.3 is 11.1 Å². The number of carbonyl (C=O) groups is 1. The highest BCUT2D eigenvalue weighted by Gasteiger charge is 2.34. The van der Waals surface area contributed by atoms with Crippen LogP contribution < -0.4 is 11.1 Å². The Balaban J connectivity index is 1.58. The van der Waals surface area contributed by atoms with Gasteiger partial charge in [-0.3, -0.25) is 14.5 Å². The van der Waals surface area contributed by atoms with E-state index in [1.165, 1.54) is 19.3 Å². The average molecular weight is 503 g/mol. The number of nitrogens with one attached hydrogen (secondary N) is 1. The number of aryl methyl sites for hydroxylation is 1. The average Bonchev–Trinajstić information content (AvgIpc) is 3.46. The van der Waals surface area contributed by atoms with Crippen LogP contribution in [0.3, 0.4) is 0 Å². The molecule has 0 atom stereocenters. The Kier molecular flexibility index (Phi) is 6.60. The number of nitrogens with two attached hydrogens (primary N) is 1. The van der Waals surface area contributed by atoms with Gasteiger partial charge in [0.2, 0.25) is 0 Å². The topological polar surface area (TPSA) is 111 Å². The number of anilines is 1. The number of amidine groups is 1. The Bertz CT molecular complexity index is 1400. The molecule has 8 nitrogen and oxygen atoms in total. The quantitative estimate of drug-likeness (QED) is 0.232. The van der Waals surface area contributed by atoms with Crippen LogP contribution in [0.25, 0.3) is 10.6 Å². The molecule has 0 saturated carbocycles. The van der Waals surface area contributed by atoms with E-state index < -0.39 is 23.6 Å². The van der Waals surface area contributed by atoms with Gasteiger partial charge in [0, 0.05) is 12.4 Å². The minimum atomic E-state index is -4.63. The minimum Gasteiger partial charge on any atom is -0.382 e. The van der Waals surface area contributed by atoms with Crippen LogP contribution in [-0.4, -0.2) is 31.5 Å². The van der Waals surface area contributed by atoms with E-state index in [0.29, 0.717) is 11.3 Å². The van der Waals surface area contributed by atoms with E-state index in [0.717, 1.165) is 21.8 Å². The maximum absolute atomic E-state index is 14.4. The number of aromatic nitrogens is 4. The molecule has 1 aromatic carbocycles. The molecule has 0 spiro atoms. The van der Waals surface area contributed by atoms with Crippen LogP contribution >= 0.6 is 11.3 Å². The highest BCUT2D eigenvalue weighted by Crippen LogP contribution is 2.34. The number of alkyl halides is 3. The lowest BCUT2D eigenvalue weighted by molar-refractivity contribution is -0.140.